The molecule has 1 aliphatic rings. The first-order valence-corrected chi connectivity index (χ1v) is 9.37. The Bertz CT molecular complexity index is 945. The number of rotatable bonds is 3. The zero-order valence-electron chi connectivity index (χ0n) is 15.9. The van der Waals surface area contributed by atoms with E-state index in [2.05, 4.69) is 40.1 Å². The number of nitrogens with zero attached hydrogens (tertiary/aromatic N) is 5. The van der Waals surface area contributed by atoms with Crippen LogP contribution in [0, 0.1) is 5.92 Å². The molecule has 3 heterocycles. The van der Waals surface area contributed by atoms with Crippen molar-refractivity contribution in [1.29, 1.82) is 0 Å². The van der Waals surface area contributed by atoms with Gasteiger partial charge < -0.3 is 14.4 Å². The van der Waals surface area contributed by atoms with Gasteiger partial charge in [-0.3, -0.25) is 9.78 Å². The van der Waals surface area contributed by atoms with Crippen LogP contribution in [0.15, 0.2) is 49.2 Å². The predicted molar refractivity (Wildman–Crippen MR) is 106 cm³/mol. The van der Waals surface area contributed by atoms with Crippen molar-refractivity contribution in [3.8, 4) is 0 Å². The van der Waals surface area contributed by atoms with E-state index in [0.29, 0.717) is 11.6 Å². The Morgan fingerprint density at radius 2 is 2.00 bits per heavy atom. The molecule has 0 saturated carbocycles. The zero-order chi connectivity index (χ0) is 18.8. The third kappa shape index (κ3) is 3.85. The molecule has 6 heteroatoms. The van der Waals surface area contributed by atoms with Gasteiger partial charge in [0.2, 0.25) is 0 Å². The van der Waals surface area contributed by atoms with Gasteiger partial charge in [-0.25, -0.2) is 4.98 Å². The number of carbonyl (C=O) groups is 1. The summed E-state index contributed by atoms with van der Waals surface area (Å²) in [7, 11) is 4.01. The highest BCUT2D eigenvalue weighted by Crippen LogP contribution is 2.22. The van der Waals surface area contributed by atoms with E-state index >= 15 is 0 Å². The lowest BCUT2D eigenvalue weighted by Gasteiger charge is -2.24. The Morgan fingerprint density at radius 1 is 1.15 bits per heavy atom. The van der Waals surface area contributed by atoms with Gasteiger partial charge in [-0.2, -0.15) is 0 Å². The van der Waals surface area contributed by atoms with Crippen molar-refractivity contribution in [2.45, 2.75) is 6.42 Å². The fourth-order valence-electron chi connectivity index (χ4n) is 3.94. The van der Waals surface area contributed by atoms with Crippen LogP contribution in [0.25, 0.3) is 10.8 Å². The smallest absolute Gasteiger partial charge is 0.274 e. The van der Waals surface area contributed by atoms with Gasteiger partial charge in [-0.15, -0.1) is 0 Å². The van der Waals surface area contributed by atoms with E-state index in [1.54, 1.807) is 12.5 Å². The minimum absolute atomic E-state index is 0.0203. The van der Waals surface area contributed by atoms with Gasteiger partial charge in [0, 0.05) is 57.2 Å². The first-order valence-electron chi connectivity index (χ1n) is 9.37. The number of hydrogen-bond donors (Lipinski definition) is 0. The van der Waals surface area contributed by atoms with E-state index < -0.39 is 0 Å². The van der Waals surface area contributed by atoms with Crippen LogP contribution in [0.1, 0.15) is 16.1 Å². The summed E-state index contributed by atoms with van der Waals surface area (Å²) in [5, 5.41) is 2.42. The van der Waals surface area contributed by atoms with Gasteiger partial charge in [0.1, 0.15) is 5.69 Å². The van der Waals surface area contributed by atoms with Gasteiger partial charge in [0.15, 0.2) is 0 Å². The summed E-state index contributed by atoms with van der Waals surface area (Å²) in [6.45, 7) is 3.32. The van der Waals surface area contributed by atoms with E-state index in [1.165, 1.54) is 16.3 Å². The minimum atomic E-state index is 0.0203. The molecule has 0 unspecified atom stereocenters. The van der Waals surface area contributed by atoms with Crippen molar-refractivity contribution in [3.63, 3.8) is 0 Å². The highest BCUT2D eigenvalue weighted by molar-refractivity contribution is 5.92. The monoisotopic (exact) mass is 363 g/mol. The normalized spacial score (nSPS) is 18.6. The van der Waals surface area contributed by atoms with E-state index in [1.807, 2.05) is 35.0 Å². The van der Waals surface area contributed by atoms with Crippen molar-refractivity contribution in [1.82, 2.24) is 24.3 Å². The number of fused-ring (bicyclic) bond motifs is 1. The molecular formula is C21H25N5O. The number of likely N-dealkylation sites (N-methyl/N-ethyl adjacent to an activating group) is 1. The molecule has 1 saturated heterocycles. The average molecular weight is 363 g/mol. The summed E-state index contributed by atoms with van der Waals surface area (Å²) in [5.41, 5.74) is 1.77. The first kappa shape index (κ1) is 17.7. The van der Waals surface area contributed by atoms with Crippen LogP contribution in [0.5, 0.6) is 0 Å². The molecule has 1 aliphatic heterocycles. The first-order chi connectivity index (χ1) is 13.1. The third-order valence-electron chi connectivity index (χ3n) is 5.27. The second-order valence-electron chi connectivity index (χ2n) is 7.53. The van der Waals surface area contributed by atoms with Crippen molar-refractivity contribution < 1.29 is 4.79 Å². The summed E-state index contributed by atoms with van der Waals surface area (Å²) in [4.78, 5) is 25.8. The van der Waals surface area contributed by atoms with Crippen molar-refractivity contribution >= 4 is 16.7 Å². The maximum absolute atomic E-state index is 12.9. The molecule has 0 radical (unpaired) electrons. The molecule has 1 atom stereocenters. The molecule has 1 fully saturated rings. The largest absolute Gasteiger partial charge is 0.340 e. The average Bonchev–Trinajstić information content (AvgIpc) is 3.02. The van der Waals surface area contributed by atoms with Crippen molar-refractivity contribution in [3.05, 3.63) is 60.4 Å². The molecule has 1 amide bonds. The second-order valence-corrected chi connectivity index (χ2v) is 7.53. The molecule has 2 aromatic heterocycles. The molecule has 27 heavy (non-hydrogen) atoms. The number of carbonyl (C=O) groups excluding carboxylic acids is 1. The zero-order valence-corrected chi connectivity index (χ0v) is 15.9. The number of pyridine rings is 1. The van der Waals surface area contributed by atoms with Gasteiger partial charge in [-0.1, -0.05) is 24.3 Å². The second kappa shape index (κ2) is 7.48. The summed E-state index contributed by atoms with van der Waals surface area (Å²) < 4.78 is 1.82. The number of aromatic nitrogens is 3. The molecule has 4 rings (SSSR count). The molecule has 0 bridgehead atoms. The number of hydrogen-bond acceptors (Lipinski definition) is 4. The lowest BCUT2D eigenvalue weighted by Crippen LogP contribution is -2.36. The van der Waals surface area contributed by atoms with Crippen LogP contribution < -0.4 is 0 Å². The van der Waals surface area contributed by atoms with Crippen molar-refractivity contribution in [2.24, 2.45) is 13.0 Å². The van der Waals surface area contributed by atoms with Crippen molar-refractivity contribution in [2.75, 3.05) is 33.2 Å². The van der Waals surface area contributed by atoms with E-state index in [-0.39, 0.29) is 5.91 Å². The minimum Gasteiger partial charge on any atom is -0.340 e. The van der Waals surface area contributed by atoms with Gasteiger partial charge in [0.05, 0.1) is 6.33 Å². The standard InChI is InChI=1S/C21H25N5O/c1-24-7-8-26(21(27)20-14-25(2)15-23-20)13-16(12-24)9-18-11-22-10-17-5-3-4-6-19(17)18/h3-6,10-11,14-16H,7-9,12-13H2,1-2H3/t16-/m1/s1. The molecule has 3 aromatic rings. The molecule has 0 aliphatic carbocycles. The lowest BCUT2D eigenvalue weighted by molar-refractivity contribution is 0.0741. The molecule has 0 spiro atoms. The molecule has 0 N–H and O–H groups in total. The number of imidazole rings is 1. The van der Waals surface area contributed by atoms with Gasteiger partial charge in [-0.05, 0) is 30.3 Å². The molecular weight excluding hydrogens is 338 g/mol. The predicted octanol–water partition coefficient (Wildman–Crippen LogP) is 2.21. The van der Waals surface area contributed by atoms with Crippen LogP contribution in [-0.4, -0.2) is 63.5 Å². The summed E-state index contributed by atoms with van der Waals surface area (Å²) in [6, 6.07) is 8.37. The maximum atomic E-state index is 12.9. The summed E-state index contributed by atoms with van der Waals surface area (Å²) in [6.07, 6.45) is 8.26. The highest BCUT2D eigenvalue weighted by atomic mass is 16.2. The topological polar surface area (TPSA) is 54.3 Å². The number of aryl methyl sites for hydroxylation is 1. The van der Waals surface area contributed by atoms with Crippen LogP contribution in [0.4, 0.5) is 0 Å². The SMILES string of the molecule is CN1CCN(C(=O)c2cn(C)cn2)C[C@H](Cc2cncc3ccccc23)C1. The maximum Gasteiger partial charge on any atom is 0.274 e. The highest BCUT2D eigenvalue weighted by Gasteiger charge is 2.26. The molecule has 6 nitrogen and oxygen atoms in total. The fourth-order valence-corrected chi connectivity index (χ4v) is 3.94. The molecule has 140 valence electrons. The quantitative estimate of drug-likeness (QED) is 0.716. The summed E-state index contributed by atoms with van der Waals surface area (Å²) >= 11 is 0. The Kier molecular flexibility index (Phi) is 4.90. The lowest BCUT2D eigenvalue weighted by atomic mass is 9.96. The van der Waals surface area contributed by atoms with Crippen LogP contribution in [0.2, 0.25) is 0 Å². The Morgan fingerprint density at radius 3 is 2.81 bits per heavy atom. The van der Waals surface area contributed by atoms with Gasteiger partial charge in [0.25, 0.3) is 5.91 Å². The Hall–Kier alpha value is -2.73. The van der Waals surface area contributed by atoms with Crippen LogP contribution in [0.3, 0.4) is 0 Å². The third-order valence-corrected chi connectivity index (χ3v) is 5.27. The number of benzene rings is 1. The van der Waals surface area contributed by atoms with Crippen LogP contribution >= 0.6 is 0 Å². The Balaban J connectivity index is 1.56. The van der Waals surface area contributed by atoms with E-state index in [9.17, 15) is 4.79 Å². The summed E-state index contributed by atoms with van der Waals surface area (Å²) in [5.74, 6) is 0.379. The van der Waals surface area contributed by atoms with Crippen LogP contribution in [-0.2, 0) is 13.5 Å². The Labute approximate surface area is 159 Å². The van der Waals surface area contributed by atoms with E-state index in [0.717, 1.165) is 32.6 Å². The van der Waals surface area contributed by atoms with E-state index in [4.69, 9.17) is 0 Å². The molecule has 1 aromatic carbocycles. The number of amides is 1. The van der Waals surface area contributed by atoms with Gasteiger partial charge >= 0.3 is 0 Å². The fraction of sp³-hybridized carbons (Fsp3) is 0.381.